The van der Waals surface area contributed by atoms with E-state index in [2.05, 4.69) is 0 Å². The first kappa shape index (κ1) is 14.2. The van der Waals surface area contributed by atoms with Gasteiger partial charge in [-0.1, -0.05) is 0 Å². The minimum absolute atomic E-state index is 0.267. The summed E-state index contributed by atoms with van der Waals surface area (Å²) in [5.74, 6) is -10.6. The van der Waals surface area contributed by atoms with E-state index in [1.165, 1.54) is 0 Å². The van der Waals surface area contributed by atoms with Crippen LogP contribution in [0.4, 0.5) is 22.0 Å². The van der Waals surface area contributed by atoms with Gasteiger partial charge in [0.1, 0.15) is 0 Å². The Morgan fingerprint density at radius 2 is 1.45 bits per heavy atom. The third-order valence-corrected chi connectivity index (χ3v) is 2.66. The van der Waals surface area contributed by atoms with E-state index in [1.807, 2.05) is 4.98 Å². The quantitative estimate of drug-likeness (QED) is 0.506. The molecule has 0 saturated carbocycles. The van der Waals surface area contributed by atoms with Gasteiger partial charge in [0.25, 0.3) is 0 Å². The molecule has 2 rings (SSSR count). The number of pyridine rings is 1. The molecule has 0 aliphatic rings. The third-order valence-electron chi connectivity index (χ3n) is 2.66. The van der Waals surface area contributed by atoms with Gasteiger partial charge in [0.2, 0.25) is 11.4 Å². The lowest BCUT2D eigenvalue weighted by Crippen LogP contribution is -2.10. The summed E-state index contributed by atoms with van der Waals surface area (Å²) in [6.45, 7) is -0.807. The molecule has 0 amide bonds. The van der Waals surface area contributed by atoms with Crippen molar-refractivity contribution in [2.75, 3.05) is 0 Å². The standard InChI is InChI=1S/C12H6F5NO2/c13-8-7(9(14)11(16)12(17)10(8)15)5-2-18-6(20)1-4(5)3-19/h1-2,19H,3H2,(H,18,20). The van der Waals surface area contributed by atoms with Crippen LogP contribution in [-0.4, -0.2) is 10.1 Å². The largest absolute Gasteiger partial charge is 0.392 e. The molecule has 0 spiro atoms. The molecule has 2 aromatic rings. The number of nitrogens with one attached hydrogen (secondary N) is 1. The summed E-state index contributed by atoms with van der Waals surface area (Å²) in [4.78, 5) is 13.1. The van der Waals surface area contributed by atoms with E-state index in [-0.39, 0.29) is 5.56 Å². The van der Waals surface area contributed by atoms with Crippen LogP contribution in [-0.2, 0) is 6.61 Å². The summed E-state index contributed by atoms with van der Waals surface area (Å²) >= 11 is 0. The van der Waals surface area contributed by atoms with Crippen molar-refractivity contribution in [3.63, 3.8) is 0 Å². The highest BCUT2D eigenvalue weighted by molar-refractivity contribution is 5.68. The van der Waals surface area contributed by atoms with E-state index in [1.54, 1.807) is 0 Å². The van der Waals surface area contributed by atoms with Crippen LogP contribution in [0, 0.1) is 29.1 Å². The highest BCUT2D eigenvalue weighted by Gasteiger charge is 2.27. The SMILES string of the molecule is O=c1cc(CO)c(-c2c(F)c(F)c(F)c(F)c2F)c[nH]1. The Hall–Kier alpha value is -2.22. The average molecular weight is 291 g/mol. The Labute approximate surface area is 108 Å². The molecule has 3 nitrogen and oxygen atoms in total. The lowest BCUT2D eigenvalue weighted by Gasteiger charge is -2.11. The van der Waals surface area contributed by atoms with Crippen molar-refractivity contribution in [2.45, 2.75) is 6.61 Å². The highest BCUT2D eigenvalue weighted by Crippen LogP contribution is 2.32. The smallest absolute Gasteiger partial charge is 0.248 e. The average Bonchev–Trinajstić information content (AvgIpc) is 2.44. The topological polar surface area (TPSA) is 53.1 Å². The molecule has 20 heavy (non-hydrogen) atoms. The van der Waals surface area contributed by atoms with Crippen molar-refractivity contribution in [1.82, 2.24) is 4.98 Å². The predicted molar refractivity (Wildman–Crippen MR) is 58.2 cm³/mol. The van der Waals surface area contributed by atoms with Crippen LogP contribution in [0.1, 0.15) is 5.56 Å². The molecular formula is C12H6F5NO2. The molecule has 0 aliphatic heterocycles. The molecule has 1 aromatic carbocycles. The Bertz CT molecular complexity index is 712. The summed E-state index contributed by atoms with van der Waals surface area (Å²) in [6.07, 6.45) is 0.770. The number of aromatic amines is 1. The molecule has 106 valence electrons. The van der Waals surface area contributed by atoms with Gasteiger partial charge in [-0.25, -0.2) is 22.0 Å². The molecule has 0 aliphatic carbocycles. The molecule has 8 heteroatoms. The second-order valence-corrected chi connectivity index (χ2v) is 3.84. The van der Waals surface area contributed by atoms with Crippen LogP contribution in [0.25, 0.3) is 11.1 Å². The van der Waals surface area contributed by atoms with Crippen LogP contribution in [0.3, 0.4) is 0 Å². The van der Waals surface area contributed by atoms with Crippen LogP contribution in [0.2, 0.25) is 0 Å². The summed E-state index contributed by atoms with van der Waals surface area (Å²) in [7, 11) is 0. The van der Waals surface area contributed by atoms with Crippen LogP contribution in [0.15, 0.2) is 17.1 Å². The van der Waals surface area contributed by atoms with E-state index >= 15 is 0 Å². The fourth-order valence-corrected chi connectivity index (χ4v) is 1.72. The maximum absolute atomic E-state index is 13.6. The number of benzene rings is 1. The van der Waals surface area contributed by atoms with E-state index in [9.17, 15) is 26.7 Å². The number of halogens is 5. The van der Waals surface area contributed by atoms with Crippen molar-refractivity contribution in [1.29, 1.82) is 0 Å². The second kappa shape index (κ2) is 5.04. The molecule has 0 bridgehead atoms. The molecule has 0 atom stereocenters. The van der Waals surface area contributed by atoms with Gasteiger partial charge in [0, 0.05) is 17.8 Å². The lowest BCUT2D eigenvalue weighted by molar-refractivity contribution is 0.282. The minimum atomic E-state index is -2.28. The lowest BCUT2D eigenvalue weighted by atomic mass is 10.0. The minimum Gasteiger partial charge on any atom is -0.392 e. The molecule has 1 heterocycles. The van der Waals surface area contributed by atoms with E-state index < -0.39 is 52.4 Å². The zero-order chi connectivity index (χ0) is 15.0. The van der Waals surface area contributed by atoms with Crippen LogP contribution < -0.4 is 5.56 Å². The first-order valence-corrected chi connectivity index (χ1v) is 5.22. The number of hydrogen-bond donors (Lipinski definition) is 2. The number of H-pyrrole nitrogens is 1. The first-order chi connectivity index (χ1) is 9.38. The molecule has 0 unspecified atom stereocenters. The summed E-state index contributed by atoms with van der Waals surface area (Å²) in [6, 6.07) is 0.799. The number of aliphatic hydroxyl groups excluding tert-OH is 1. The molecular weight excluding hydrogens is 285 g/mol. The van der Waals surface area contributed by atoms with Crippen molar-refractivity contribution >= 4 is 0 Å². The molecule has 0 fully saturated rings. The number of aliphatic hydroxyl groups is 1. The Morgan fingerprint density at radius 3 is 1.95 bits per heavy atom. The Balaban J connectivity index is 2.87. The van der Waals surface area contributed by atoms with Crippen LogP contribution >= 0.6 is 0 Å². The summed E-state index contributed by atoms with van der Waals surface area (Å²) in [5, 5.41) is 9.02. The number of rotatable bonds is 2. The van der Waals surface area contributed by atoms with Crippen molar-refractivity contribution in [3.05, 3.63) is 57.3 Å². The van der Waals surface area contributed by atoms with Gasteiger partial charge in [-0.3, -0.25) is 4.79 Å². The van der Waals surface area contributed by atoms with E-state index in [0.717, 1.165) is 12.3 Å². The van der Waals surface area contributed by atoms with Crippen molar-refractivity contribution in [2.24, 2.45) is 0 Å². The molecule has 0 radical (unpaired) electrons. The number of aromatic nitrogens is 1. The Kier molecular flexibility index (Phi) is 3.58. The second-order valence-electron chi connectivity index (χ2n) is 3.84. The van der Waals surface area contributed by atoms with Crippen LogP contribution in [0.5, 0.6) is 0 Å². The highest BCUT2D eigenvalue weighted by atomic mass is 19.2. The fourth-order valence-electron chi connectivity index (χ4n) is 1.72. The van der Waals surface area contributed by atoms with E-state index in [4.69, 9.17) is 5.11 Å². The van der Waals surface area contributed by atoms with Gasteiger partial charge < -0.3 is 10.1 Å². The van der Waals surface area contributed by atoms with Gasteiger partial charge in [0.05, 0.1) is 12.2 Å². The predicted octanol–water partition coefficient (Wildman–Crippen LogP) is 2.23. The maximum Gasteiger partial charge on any atom is 0.248 e. The number of hydrogen-bond acceptors (Lipinski definition) is 2. The summed E-state index contributed by atoms with van der Waals surface area (Å²) in [5.41, 5.74) is -2.65. The van der Waals surface area contributed by atoms with E-state index in [0.29, 0.717) is 0 Å². The van der Waals surface area contributed by atoms with Gasteiger partial charge in [-0.05, 0) is 5.56 Å². The van der Waals surface area contributed by atoms with Crippen molar-refractivity contribution in [3.8, 4) is 11.1 Å². The normalized spacial score (nSPS) is 10.9. The van der Waals surface area contributed by atoms with Gasteiger partial charge in [-0.2, -0.15) is 0 Å². The third kappa shape index (κ3) is 2.07. The molecule has 0 saturated heterocycles. The monoisotopic (exact) mass is 291 g/mol. The first-order valence-electron chi connectivity index (χ1n) is 5.22. The van der Waals surface area contributed by atoms with Crippen molar-refractivity contribution < 1.29 is 27.1 Å². The maximum atomic E-state index is 13.6. The van der Waals surface area contributed by atoms with Gasteiger partial charge >= 0.3 is 0 Å². The van der Waals surface area contributed by atoms with Gasteiger partial charge in [-0.15, -0.1) is 0 Å². The zero-order valence-electron chi connectivity index (χ0n) is 9.61. The molecule has 2 N–H and O–H groups in total. The molecule has 1 aromatic heterocycles. The van der Waals surface area contributed by atoms with Gasteiger partial charge in [0.15, 0.2) is 23.3 Å². The zero-order valence-corrected chi connectivity index (χ0v) is 9.61. The Morgan fingerprint density at radius 1 is 0.950 bits per heavy atom. The fraction of sp³-hybridized carbons (Fsp3) is 0.0833. The summed E-state index contributed by atoms with van der Waals surface area (Å²) < 4.78 is 66.4.